The zero-order valence-electron chi connectivity index (χ0n) is 16.3. The van der Waals surface area contributed by atoms with E-state index in [4.69, 9.17) is 14.6 Å². The molecule has 0 unspecified atom stereocenters. The maximum atomic E-state index is 12.7. The summed E-state index contributed by atoms with van der Waals surface area (Å²) in [6.07, 6.45) is 2.14. The van der Waals surface area contributed by atoms with Crippen LogP contribution in [0.1, 0.15) is 57.6 Å². The first-order valence-corrected chi connectivity index (χ1v) is 9.95. The van der Waals surface area contributed by atoms with Crippen LogP contribution in [-0.4, -0.2) is 51.3 Å². The maximum absolute atomic E-state index is 12.7. The monoisotopic (exact) mass is 389 g/mol. The maximum Gasteiger partial charge on any atom is 0.303 e. The van der Waals surface area contributed by atoms with Crippen LogP contribution in [0.15, 0.2) is 18.2 Å². The number of amides is 1. The number of carboxylic acid groups (broad SMARTS) is 1. The Morgan fingerprint density at radius 1 is 1.29 bits per heavy atom. The first-order chi connectivity index (χ1) is 13.3. The largest absolute Gasteiger partial charge is 0.508 e. The summed E-state index contributed by atoms with van der Waals surface area (Å²) in [5.74, 6) is -0.203. The van der Waals surface area contributed by atoms with Gasteiger partial charge in [-0.15, -0.1) is 0 Å². The van der Waals surface area contributed by atoms with Gasteiger partial charge < -0.3 is 24.6 Å². The highest BCUT2D eigenvalue weighted by molar-refractivity contribution is 5.81. The van der Waals surface area contributed by atoms with Crippen LogP contribution < -0.4 is 4.74 Å². The molecule has 4 rings (SSSR count). The molecule has 0 saturated carbocycles. The Morgan fingerprint density at radius 3 is 2.82 bits per heavy atom. The molecule has 3 heterocycles. The van der Waals surface area contributed by atoms with Crippen molar-refractivity contribution in [1.29, 1.82) is 0 Å². The Bertz CT molecular complexity index is 791. The second-order valence-electron chi connectivity index (χ2n) is 8.56. The van der Waals surface area contributed by atoms with E-state index in [0.717, 1.165) is 24.8 Å². The molecule has 7 nitrogen and oxygen atoms in total. The van der Waals surface area contributed by atoms with E-state index >= 15 is 0 Å². The number of carbonyl (C=O) groups excluding carboxylic acids is 1. The van der Waals surface area contributed by atoms with Crippen molar-refractivity contribution in [2.45, 2.75) is 69.8 Å². The Morgan fingerprint density at radius 2 is 2.07 bits per heavy atom. The molecule has 0 aliphatic carbocycles. The number of rotatable bonds is 3. The van der Waals surface area contributed by atoms with E-state index in [2.05, 4.69) is 0 Å². The smallest absolute Gasteiger partial charge is 0.303 e. The second-order valence-corrected chi connectivity index (χ2v) is 8.56. The Kier molecular flexibility index (Phi) is 4.73. The van der Waals surface area contributed by atoms with Crippen LogP contribution in [0.3, 0.4) is 0 Å². The van der Waals surface area contributed by atoms with Crippen molar-refractivity contribution in [2.75, 3.05) is 6.54 Å². The van der Waals surface area contributed by atoms with Crippen LogP contribution in [0, 0.1) is 5.92 Å². The minimum atomic E-state index is -0.955. The summed E-state index contributed by atoms with van der Waals surface area (Å²) in [6, 6.07) is 5.08. The van der Waals surface area contributed by atoms with E-state index in [9.17, 15) is 14.7 Å². The normalized spacial score (nSPS) is 30.4. The molecule has 1 aromatic rings. The Labute approximate surface area is 164 Å². The third-order valence-corrected chi connectivity index (χ3v) is 6.34. The first-order valence-electron chi connectivity index (χ1n) is 9.95. The van der Waals surface area contributed by atoms with E-state index in [1.165, 1.54) is 0 Å². The average molecular weight is 389 g/mol. The molecule has 2 fully saturated rings. The number of benzene rings is 1. The molecule has 152 valence electrons. The zero-order chi connectivity index (χ0) is 20.1. The summed E-state index contributed by atoms with van der Waals surface area (Å²) in [5, 5.41) is 18.7. The topological polar surface area (TPSA) is 96.3 Å². The number of hydrogen-bond acceptors (Lipinski definition) is 5. The SMILES string of the molecule is CC1(C)Oc2cc(O)ccc2[C@@H]2O[C@@H]3CCCN(C(=O)CCC(=O)O)[C@@H]3C[C@H]21. The first kappa shape index (κ1) is 19.1. The fraction of sp³-hybridized carbons (Fsp3) is 0.619. The van der Waals surface area contributed by atoms with Crippen molar-refractivity contribution in [3.05, 3.63) is 23.8 Å². The molecule has 3 aliphatic heterocycles. The number of ether oxygens (including phenoxy) is 2. The van der Waals surface area contributed by atoms with E-state index in [1.807, 2.05) is 24.8 Å². The highest BCUT2D eigenvalue weighted by atomic mass is 16.5. The summed E-state index contributed by atoms with van der Waals surface area (Å²) >= 11 is 0. The third kappa shape index (κ3) is 3.32. The fourth-order valence-electron chi connectivity index (χ4n) is 4.94. The van der Waals surface area contributed by atoms with Crippen LogP contribution in [0.5, 0.6) is 11.5 Å². The van der Waals surface area contributed by atoms with Gasteiger partial charge in [-0.05, 0) is 45.2 Å². The lowest BCUT2D eigenvalue weighted by Gasteiger charge is -2.54. The number of carbonyl (C=O) groups is 2. The molecule has 3 aliphatic rings. The quantitative estimate of drug-likeness (QED) is 0.825. The summed E-state index contributed by atoms with van der Waals surface area (Å²) in [4.78, 5) is 25.3. The third-order valence-electron chi connectivity index (χ3n) is 6.34. The number of aliphatic carboxylic acids is 1. The highest BCUT2D eigenvalue weighted by Crippen LogP contribution is 2.52. The van der Waals surface area contributed by atoms with E-state index in [0.29, 0.717) is 12.3 Å². The lowest BCUT2D eigenvalue weighted by molar-refractivity contribution is -0.193. The van der Waals surface area contributed by atoms with Gasteiger partial charge in [-0.1, -0.05) is 0 Å². The number of aromatic hydroxyl groups is 1. The van der Waals surface area contributed by atoms with Gasteiger partial charge in [0.05, 0.1) is 24.7 Å². The van der Waals surface area contributed by atoms with Crippen molar-refractivity contribution < 1.29 is 29.3 Å². The van der Waals surface area contributed by atoms with Gasteiger partial charge in [0.25, 0.3) is 0 Å². The van der Waals surface area contributed by atoms with Gasteiger partial charge >= 0.3 is 5.97 Å². The summed E-state index contributed by atoms with van der Waals surface area (Å²) in [7, 11) is 0. The van der Waals surface area contributed by atoms with E-state index in [1.54, 1.807) is 12.1 Å². The lowest BCUT2D eigenvalue weighted by atomic mass is 9.72. The molecule has 7 heteroatoms. The van der Waals surface area contributed by atoms with Crippen molar-refractivity contribution in [2.24, 2.45) is 5.92 Å². The summed E-state index contributed by atoms with van der Waals surface area (Å²) < 4.78 is 12.7. The molecule has 28 heavy (non-hydrogen) atoms. The summed E-state index contributed by atoms with van der Waals surface area (Å²) in [6.45, 7) is 4.67. The van der Waals surface area contributed by atoms with Crippen LogP contribution in [0.25, 0.3) is 0 Å². The second kappa shape index (κ2) is 6.95. The molecule has 0 spiro atoms. The number of phenols is 1. The molecule has 1 amide bonds. The van der Waals surface area contributed by atoms with Gasteiger partial charge in [0.2, 0.25) is 5.91 Å². The van der Waals surface area contributed by atoms with Crippen molar-refractivity contribution >= 4 is 11.9 Å². The van der Waals surface area contributed by atoms with Crippen molar-refractivity contribution in [3.63, 3.8) is 0 Å². The molecular formula is C21H27NO6. The predicted octanol–water partition coefficient (Wildman–Crippen LogP) is 2.87. The number of carboxylic acids is 1. The Hall–Kier alpha value is -2.28. The number of fused-ring (bicyclic) bond motifs is 4. The number of likely N-dealkylation sites (tertiary alicyclic amines) is 1. The van der Waals surface area contributed by atoms with E-state index < -0.39 is 11.6 Å². The van der Waals surface area contributed by atoms with Gasteiger partial charge in [-0.2, -0.15) is 0 Å². The van der Waals surface area contributed by atoms with Gasteiger partial charge in [0.1, 0.15) is 17.1 Å². The molecule has 2 N–H and O–H groups in total. The van der Waals surface area contributed by atoms with Crippen LogP contribution in [0.2, 0.25) is 0 Å². The van der Waals surface area contributed by atoms with Crippen LogP contribution >= 0.6 is 0 Å². The average Bonchev–Trinajstić information content (AvgIpc) is 2.63. The number of nitrogens with zero attached hydrogens (tertiary/aromatic N) is 1. The molecular weight excluding hydrogens is 362 g/mol. The van der Waals surface area contributed by atoms with Crippen LogP contribution in [0.4, 0.5) is 0 Å². The van der Waals surface area contributed by atoms with Gasteiger partial charge in [-0.3, -0.25) is 9.59 Å². The zero-order valence-corrected chi connectivity index (χ0v) is 16.3. The molecule has 0 bridgehead atoms. The fourth-order valence-corrected chi connectivity index (χ4v) is 4.94. The molecule has 0 radical (unpaired) electrons. The Balaban J connectivity index is 1.60. The standard InChI is InChI=1S/C21H27NO6/c1-21(2)14-11-15-16(4-3-9-22(15)18(24)7-8-19(25)26)27-20(14)13-6-5-12(23)10-17(13)28-21/h5-6,10,14-16,20,23H,3-4,7-9,11H2,1-2H3,(H,25,26)/t14-,15-,16-,20+/m1/s1. The lowest BCUT2D eigenvalue weighted by Crippen LogP contribution is -2.60. The molecule has 1 aromatic carbocycles. The van der Waals surface area contributed by atoms with Crippen molar-refractivity contribution in [3.8, 4) is 11.5 Å². The van der Waals surface area contributed by atoms with Crippen molar-refractivity contribution in [1.82, 2.24) is 4.90 Å². The molecule has 2 saturated heterocycles. The minimum absolute atomic E-state index is 0.0225. The minimum Gasteiger partial charge on any atom is -0.508 e. The van der Waals surface area contributed by atoms with Gasteiger partial charge in [0, 0.05) is 30.5 Å². The number of piperidine rings is 1. The van der Waals surface area contributed by atoms with Gasteiger partial charge in [0.15, 0.2) is 0 Å². The van der Waals surface area contributed by atoms with E-state index in [-0.39, 0.29) is 48.7 Å². The predicted molar refractivity (Wildman–Crippen MR) is 100 cm³/mol. The molecule has 4 atom stereocenters. The number of phenolic OH excluding ortho intramolecular Hbond substituents is 1. The van der Waals surface area contributed by atoms with Gasteiger partial charge in [-0.25, -0.2) is 0 Å². The molecule has 0 aromatic heterocycles. The highest BCUT2D eigenvalue weighted by Gasteiger charge is 2.52. The number of hydrogen-bond donors (Lipinski definition) is 2. The van der Waals surface area contributed by atoms with Crippen LogP contribution in [-0.2, 0) is 14.3 Å². The summed E-state index contributed by atoms with van der Waals surface area (Å²) in [5.41, 5.74) is 0.429.